The number of benzene rings is 3. The third kappa shape index (κ3) is 5.99. The van der Waals surface area contributed by atoms with Gasteiger partial charge in [0.1, 0.15) is 18.2 Å². The van der Waals surface area contributed by atoms with Gasteiger partial charge in [0.15, 0.2) is 11.5 Å². The summed E-state index contributed by atoms with van der Waals surface area (Å²) in [7, 11) is 1.56. The van der Waals surface area contributed by atoms with Crippen LogP contribution in [-0.4, -0.2) is 13.0 Å². The minimum absolute atomic E-state index is 0.0000465. The van der Waals surface area contributed by atoms with E-state index in [1.165, 1.54) is 17.2 Å². The Labute approximate surface area is 188 Å². The molecule has 0 saturated heterocycles. The fraction of sp³-hybridized carbons (Fsp3) is 0.185. The summed E-state index contributed by atoms with van der Waals surface area (Å²) >= 11 is 0. The molecule has 0 unspecified atom stereocenters. The third-order valence-corrected chi connectivity index (χ3v) is 4.96. The second-order valence-corrected chi connectivity index (χ2v) is 7.36. The highest BCUT2D eigenvalue weighted by Gasteiger charge is 2.11. The van der Waals surface area contributed by atoms with Gasteiger partial charge in [0.25, 0.3) is 5.91 Å². The van der Waals surface area contributed by atoms with Crippen molar-refractivity contribution in [1.82, 2.24) is 0 Å². The molecule has 0 aromatic heterocycles. The maximum atomic E-state index is 12.6. The van der Waals surface area contributed by atoms with E-state index in [9.17, 15) is 10.1 Å². The lowest BCUT2D eigenvalue weighted by Crippen LogP contribution is -2.13. The van der Waals surface area contributed by atoms with Crippen LogP contribution in [0.1, 0.15) is 29.2 Å². The van der Waals surface area contributed by atoms with Crippen LogP contribution in [0.25, 0.3) is 6.08 Å². The molecule has 5 nitrogen and oxygen atoms in total. The number of rotatable bonds is 8. The molecule has 0 heterocycles. The molecule has 0 aliphatic rings. The van der Waals surface area contributed by atoms with Crippen LogP contribution in [0.15, 0.2) is 72.3 Å². The molecule has 1 amide bonds. The molecule has 3 rings (SSSR count). The van der Waals surface area contributed by atoms with Crippen molar-refractivity contribution in [3.05, 3.63) is 94.6 Å². The van der Waals surface area contributed by atoms with E-state index in [-0.39, 0.29) is 5.57 Å². The summed E-state index contributed by atoms with van der Waals surface area (Å²) in [6, 6.07) is 22.9. The number of ether oxygens (including phenoxy) is 2. The molecule has 0 spiro atoms. The molecule has 0 atom stereocenters. The molecule has 3 aromatic rings. The second-order valence-electron chi connectivity index (χ2n) is 7.36. The van der Waals surface area contributed by atoms with E-state index < -0.39 is 5.91 Å². The van der Waals surface area contributed by atoms with E-state index in [1.54, 1.807) is 25.3 Å². The first-order valence-electron chi connectivity index (χ1n) is 10.4. The summed E-state index contributed by atoms with van der Waals surface area (Å²) in [5.74, 6) is 0.653. The van der Waals surface area contributed by atoms with Gasteiger partial charge in [-0.15, -0.1) is 0 Å². The molecule has 1 N–H and O–H groups in total. The molecular weight excluding hydrogens is 400 g/mol. The highest BCUT2D eigenvalue weighted by atomic mass is 16.5. The van der Waals surface area contributed by atoms with Crippen molar-refractivity contribution in [3.63, 3.8) is 0 Å². The van der Waals surface area contributed by atoms with Gasteiger partial charge in [-0.1, -0.05) is 55.0 Å². The number of amides is 1. The molecule has 0 bridgehead atoms. The standard InChI is InChI=1S/C27H26N2O3/c1-4-20-8-11-24(12-9-20)29-27(30)23(17-28)15-21-10-13-25(26(16-21)31-3)32-18-22-7-5-6-19(2)14-22/h5-16H,4,18H2,1-3H3,(H,29,30)/b23-15+. The Hall–Kier alpha value is -4.04. The van der Waals surface area contributed by atoms with Crippen LogP contribution < -0.4 is 14.8 Å². The van der Waals surface area contributed by atoms with Crippen LogP contribution in [0.2, 0.25) is 0 Å². The quantitative estimate of drug-likeness (QED) is 0.371. The molecule has 0 aliphatic heterocycles. The van der Waals surface area contributed by atoms with Crippen molar-refractivity contribution in [2.75, 3.05) is 12.4 Å². The average Bonchev–Trinajstić information content (AvgIpc) is 2.82. The number of carbonyl (C=O) groups excluding carboxylic acids is 1. The van der Waals surface area contributed by atoms with Gasteiger partial charge in [-0.3, -0.25) is 4.79 Å². The first-order valence-corrected chi connectivity index (χ1v) is 10.4. The highest BCUT2D eigenvalue weighted by molar-refractivity contribution is 6.09. The number of methoxy groups -OCH3 is 1. The van der Waals surface area contributed by atoms with E-state index in [4.69, 9.17) is 9.47 Å². The van der Waals surface area contributed by atoms with Crippen LogP contribution in [0.5, 0.6) is 11.5 Å². The van der Waals surface area contributed by atoms with Gasteiger partial charge in [-0.25, -0.2) is 0 Å². The second kappa shape index (κ2) is 10.8. The molecule has 32 heavy (non-hydrogen) atoms. The fourth-order valence-corrected chi connectivity index (χ4v) is 3.19. The molecule has 5 heteroatoms. The zero-order valence-corrected chi connectivity index (χ0v) is 18.5. The summed E-state index contributed by atoms with van der Waals surface area (Å²) < 4.78 is 11.4. The van der Waals surface area contributed by atoms with Crippen molar-refractivity contribution >= 4 is 17.7 Å². The average molecular weight is 427 g/mol. The summed E-state index contributed by atoms with van der Waals surface area (Å²) in [5.41, 5.74) is 4.72. The molecule has 0 fully saturated rings. The maximum absolute atomic E-state index is 12.6. The van der Waals surface area contributed by atoms with Gasteiger partial charge in [0.2, 0.25) is 0 Å². The van der Waals surface area contributed by atoms with E-state index in [2.05, 4.69) is 18.3 Å². The summed E-state index contributed by atoms with van der Waals surface area (Å²) in [4.78, 5) is 12.6. The van der Waals surface area contributed by atoms with Gasteiger partial charge in [0.05, 0.1) is 7.11 Å². The van der Waals surface area contributed by atoms with Crippen LogP contribution >= 0.6 is 0 Å². The Morgan fingerprint density at radius 1 is 1.03 bits per heavy atom. The SMILES string of the molecule is CCc1ccc(NC(=O)/C(C#N)=C/c2ccc(OCc3cccc(C)c3)c(OC)c2)cc1. The minimum atomic E-state index is -0.463. The predicted molar refractivity (Wildman–Crippen MR) is 127 cm³/mol. The number of nitriles is 1. The first-order chi connectivity index (χ1) is 15.5. The summed E-state index contributed by atoms with van der Waals surface area (Å²) in [6.45, 7) is 4.52. The van der Waals surface area contributed by atoms with Gasteiger partial charge in [-0.05, 0) is 60.4 Å². The zero-order chi connectivity index (χ0) is 22.9. The Bertz CT molecular complexity index is 1160. The number of anilines is 1. The van der Waals surface area contributed by atoms with Crippen molar-refractivity contribution in [1.29, 1.82) is 5.26 Å². The lowest BCUT2D eigenvalue weighted by atomic mass is 10.1. The van der Waals surface area contributed by atoms with Crippen molar-refractivity contribution < 1.29 is 14.3 Å². The van der Waals surface area contributed by atoms with Gasteiger partial charge < -0.3 is 14.8 Å². The summed E-state index contributed by atoms with van der Waals surface area (Å²) in [6.07, 6.45) is 2.45. The Balaban J connectivity index is 1.73. The Morgan fingerprint density at radius 2 is 1.81 bits per heavy atom. The largest absolute Gasteiger partial charge is 0.493 e. The number of aryl methyl sites for hydroxylation is 2. The third-order valence-electron chi connectivity index (χ3n) is 4.96. The number of nitrogens with one attached hydrogen (secondary N) is 1. The van der Waals surface area contributed by atoms with Crippen LogP contribution in [0.3, 0.4) is 0 Å². The van der Waals surface area contributed by atoms with Crippen LogP contribution in [0, 0.1) is 18.3 Å². The topological polar surface area (TPSA) is 71.4 Å². The molecule has 3 aromatic carbocycles. The number of hydrogen-bond donors (Lipinski definition) is 1. The zero-order valence-electron chi connectivity index (χ0n) is 18.5. The fourth-order valence-electron chi connectivity index (χ4n) is 3.19. The predicted octanol–water partition coefficient (Wildman–Crippen LogP) is 5.69. The van der Waals surface area contributed by atoms with Gasteiger partial charge in [0, 0.05) is 5.69 Å². The summed E-state index contributed by atoms with van der Waals surface area (Å²) in [5, 5.41) is 12.3. The molecular formula is C27H26N2O3. The number of nitrogens with zero attached hydrogens (tertiary/aromatic N) is 1. The molecule has 0 aliphatic carbocycles. The smallest absolute Gasteiger partial charge is 0.266 e. The van der Waals surface area contributed by atoms with Crippen molar-refractivity contribution in [2.24, 2.45) is 0 Å². The Morgan fingerprint density at radius 3 is 2.47 bits per heavy atom. The lowest BCUT2D eigenvalue weighted by molar-refractivity contribution is -0.112. The number of hydrogen-bond acceptors (Lipinski definition) is 4. The molecule has 0 radical (unpaired) electrons. The minimum Gasteiger partial charge on any atom is -0.493 e. The van der Waals surface area contributed by atoms with E-state index in [1.807, 2.05) is 55.5 Å². The number of carbonyl (C=O) groups is 1. The monoisotopic (exact) mass is 426 g/mol. The van der Waals surface area contributed by atoms with Crippen LogP contribution in [0.4, 0.5) is 5.69 Å². The molecule has 162 valence electrons. The van der Waals surface area contributed by atoms with Crippen molar-refractivity contribution in [2.45, 2.75) is 26.9 Å². The normalized spacial score (nSPS) is 10.9. The van der Waals surface area contributed by atoms with Crippen LogP contribution in [-0.2, 0) is 17.8 Å². The molecule has 0 saturated carbocycles. The van der Waals surface area contributed by atoms with E-state index in [0.717, 1.165) is 12.0 Å². The highest BCUT2D eigenvalue weighted by Crippen LogP contribution is 2.30. The van der Waals surface area contributed by atoms with Gasteiger partial charge in [-0.2, -0.15) is 5.26 Å². The van der Waals surface area contributed by atoms with Gasteiger partial charge >= 0.3 is 0 Å². The van der Waals surface area contributed by atoms with E-state index in [0.29, 0.717) is 29.4 Å². The Kier molecular flexibility index (Phi) is 7.66. The van der Waals surface area contributed by atoms with Crippen molar-refractivity contribution in [3.8, 4) is 17.6 Å². The lowest BCUT2D eigenvalue weighted by Gasteiger charge is -2.12. The van der Waals surface area contributed by atoms with E-state index >= 15 is 0 Å². The first kappa shape index (κ1) is 22.6. The maximum Gasteiger partial charge on any atom is 0.266 e.